The number of aryl methyl sites for hydroxylation is 4. The third-order valence-corrected chi connectivity index (χ3v) is 13.3. The molecule has 0 saturated heterocycles. The van der Waals surface area contributed by atoms with Crippen LogP contribution in [-0.2, 0) is 19.2 Å². The van der Waals surface area contributed by atoms with E-state index in [-0.39, 0.29) is 96.1 Å². The van der Waals surface area contributed by atoms with Crippen LogP contribution in [0.2, 0.25) is 0 Å². The molecular formula is C66H80N12O12. The summed E-state index contributed by atoms with van der Waals surface area (Å²) in [5.41, 5.74) is 9.79. The molecule has 0 aliphatic carbocycles. The molecule has 0 spiro atoms. The maximum Gasteiger partial charge on any atom is 0.289 e. The van der Waals surface area contributed by atoms with Gasteiger partial charge in [0.2, 0.25) is 35.1 Å². The van der Waals surface area contributed by atoms with Gasteiger partial charge in [0.05, 0.1) is 0 Å². The Kier molecular flexibility index (Phi) is 27.6. The highest BCUT2D eigenvalue weighted by atomic mass is 16.5. The van der Waals surface area contributed by atoms with E-state index in [1.807, 2.05) is 125 Å². The normalized spacial score (nSPS) is 10.4. The molecule has 4 aromatic carbocycles. The Hall–Kier alpha value is -10.5. The van der Waals surface area contributed by atoms with Crippen molar-refractivity contribution >= 4 is 47.3 Å². The first-order valence-electron chi connectivity index (χ1n) is 29.0. The third kappa shape index (κ3) is 23.3. The molecule has 8 rings (SSSR count). The van der Waals surface area contributed by atoms with Gasteiger partial charge in [-0.25, -0.2) is 0 Å². The van der Waals surface area contributed by atoms with Crippen LogP contribution in [0.1, 0.15) is 103 Å². The zero-order valence-corrected chi connectivity index (χ0v) is 53.1. The molecule has 0 unspecified atom stereocenters. The summed E-state index contributed by atoms with van der Waals surface area (Å²) in [6.07, 6.45) is 2.48. The third-order valence-electron chi connectivity index (χ3n) is 13.3. The van der Waals surface area contributed by atoms with E-state index >= 15 is 0 Å². The minimum Gasteiger partial charge on any atom is -0.355 e. The number of hydrogen-bond acceptors (Lipinski definition) is 16. The van der Waals surface area contributed by atoms with Crippen molar-refractivity contribution in [1.29, 1.82) is 0 Å². The SMILES string of the molecule is Cc1ccc(-c2cc(C(=O)NCCC(=O)N(C)C)no2)cc1.Cc1ccc(-c2cc(C(=O)NCCC(=O)N(C)C)on2)cc1.Cc1ccc(-c2cc(C(=O)NCCCC(=O)N(C)C)no2)cc1.Cc1ccc(-c2cc(C(=O)NCCCC(=O)N(C)C)on2)cc1. The Labute approximate surface area is 523 Å². The van der Waals surface area contributed by atoms with Crippen molar-refractivity contribution in [2.45, 2.75) is 66.2 Å². The molecule has 24 heteroatoms. The van der Waals surface area contributed by atoms with Gasteiger partial charge in [-0.05, 0) is 40.5 Å². The molecule has 4 heterocycles. The Morgan fingerprint density at radius 1 is 0.333 bits per heavy atom. The number of benzene rings is 4. The molecule has 476 valence electrons. The van der Waals surface area contributed by atoms with E-state index in [0.717, 1.165) is 44.5 Å². The van der Waals surface area contributed by atoms with Crippen molar-refractivity contribution in [2.75, 3.05) is 82.6 Å². The zero-order chi connectivity index (χ0) is 65.9. The monoisotopic (exact) mass is 1230 g/mol. The van der Waals surface area contributed by atoms with Crippen LogP contribution in [0.15, 0.2) is 139 Å². The molecule has 0 atom stereocenters. The van der Waals surface area contributed by atoms with Gasteiger partial charge in [0.25, 0.3) is 23.6 Å². The first-order chi connectivity index (χ1) is 42.9. The number of amides is 8. The van der Waals surface area contributed by atoms with Crippen molar-refractivity contribution in [1.82, 2.24) is 61.5 Å². The lowest BCUT2D eigenvalue weighted by atomic mass is 10.1. The maximum absolute atomic E-state index is 12.0. The second kappa shape index (κ2) is 35.3. The standard InChI is InChI=1S/2C17H21N3O3.2C16H19N3O3/c1-12-6-8-13(9-7-12)15-11-14(19-23-15)17(22)18-10-4-5-16(21)20(2)3;1-12-6-8-13(9-7-12)14-11-15(23-19-14)17(22)18-10-4-5-16(21)20(2)3;1-11-4-6-12(7-5-11)14-10-13(18-22-14)16(21)17-9-8-15(20)19(2)3;1-11-4-6-12(7-5-11)13-10-14(22-18-13)16(21)17-9-8-15(20)19(2)3/h2*6-9,11H,4-5,10H2,1-3H3,(H,18,22);2*4-7,10H,8-9H2,1-3H3,(H,17,21). The second-order valence-electron chi connectivity index (χ2n) is 21.7. The Morgan fingerprint density at radius 2 is 0.611 bits per heavy atom. The molecule has 0 fully saturated rings. The zero-order valence-electron chi connectivity index (χ0n) is 53.1. The number of carbonyl (C=O) groups excluding carboxylic acids is 8. The van der Waals surface area contributed by atoms with Crippen LogP contribution in [-0.4, -0.2) is 170 Å². The van der Waals surface area contributed by atoms with Gasteiger partial charge in [0.15, 0.2) is 22.9 Å². The highest BCUT2D eigenvalue weighted by Crippen LogP contribution is 2.24. The van der Waals surface area contributed by atoms with Gasteiger partial charge in [0.1, 0.15) is 11.4 Å². The van der Waals surface area contributed by atoms with Crippen molar-refractivity contribution < 1.29 is 56.4 Å². The summed E-state index contributed by atoms with van der Waals surface area (Å²) in [6, 6.07) is 37.5. The van der Waals surface area contributed by atoms with E-state index in [1.54, 1.807) is 80.6 Å². The summed E-state index contributed by atoms with van der Waals surface area (Å²) in [6.45, 7) is 9.37. The molecule has 0 aliphatic rings. The molecule has 0 saturated carbocycles. The van der Waals surface area contributed by atoms with Crippen molar-refractivity contribution in [3.8, 4) is 45.2 Å². The fourth-order valence-corrected chi connectivity index (χ4v) is 7.66. The van der Waals surface area contributed by atoms with Crippen LogP contribution in [0.25, 0.3) is 45.2 Å². The first kappa shape index (κ1) is 70.2. The largest absolute Gasteiger partial charge is 0.355 e. The van der Waals surface area contributed by atoms with Crippen molar-refractivity contribution in [2.24, 2.45) is 0 Å². The van der Waals surface area contributed by atoms with E-state index < -0.39 is 0 Å². The highest BCUT2D eigenvalue weighted by molar-refractivity contribution is 5.95. The minimum absolute atomic E-state index is 0.0409. The van der Waals surface area contributed by atoms with Crippen LogP contribution in [0.5, 0.6) is 0 Å². The first-order valence-corrected chi connectivity index (χ1v) is 29.0. The minimum atomic E-state index is -0.377. The molecule has 4 N–H and O–H groups in total. The van der Waals surface area contributed by atoms with E-state index in [2.05, 4.69) is 41.9 Å². The summed E-state index contributed by atoms with van der Waals surface area (Å²) in [4.78, 5) is 99.6. The smallest absolute Gasteiger partial charge is 0.289 e. The summed E-state index contributed by atoms with van der Waals surface area (Å²) < 4.78 is 20.6. The van der Waals surface area contributed by atoms with Gasteiger partial charge >= 0.3 is 0 Å². The lowest BCUT2D eigenvalue weighted by Crippen LogP contribution is -2.30. The number of aromatic nitrogens is 4. The number of carbonyl (C=O) groups is 8. The number of nitrogens with one attached hydrogen (secondary N) is 4. The van der Waals surface area contributed by atoms with Crippen molar-refractivity contribution in [3.05, 3.63) is 166 Å². The summed E-state index contributed by atoms with van der Waals surface area (Å²) in [5, 5.41) is 26.1. The number of nitrogens with zero attached hydrogens (tertiary/aromatic N) is 8. The predicted molar refractivity (Wildman–Crippen MR) is 339 cm³/mol. The predicted octanol–water partition coefficient (Wildman–Crippen LogP) is 8.21. The lowest BCUT2D eigenvalue weighted by molar-refractivity contribution is -0.129. The van der Waals surface area contributed by atoms with Crippen LogP contribution in [0, 0.1) is 27.7 Å². The topological polar surface area (TPSA) is 302 Å². The van der Waals surface area contributed by atoms with Gasteiger partial charge in [-0.2, -0.15) is 0 Å². The quantitative estimate of drug-likeness (QED) is 0.0465. The van der Waals surface area contributed by atoms with Crippen LogP contribution in [0.3, 0.4) is 0 Å². The van der Waals surface area contributed by atoms with Gasteiger partial charge < -0.3 is 59.0 Å². The Morgan fingerprint density at radius 3 is 0.933 bits per heavy atom. The second-order valence-corrected chi connectivity index (χ2v) is 21.7. The Balaban J connectivity index is 0.000000218. The fourth-order valence-electron chi connectivity index (χ4n) is 7.66. The molecule has 0 bridgehead atoms. The molecule has 90 heavy (non-hydrogen) atoms. The molecule has 8 amide bonds. The lowest BCUT2D eigenvalue weighted by Gasteiger charge is -2.09. The van der Waals surface area contributed by atoms with E-state index in [9.17, 15) is 38.4 Å². The highest BCUT2D eigenvalue weighted by Gasteiger charge is 2.19. The van der Waals surface area contributed by atoms with Gasteiger partial charge in [-0.3, -0.25) is 38.4 Å². The average molecular weight is 1230 g/mol. The Bertz CT molecular complexity index is 3380. The summed E-state index contributed by atoms with van der Waals surface area (Å²) >= 11 is 0. The van der Waals surface area contributed by atoms with E-state index in [0.29, 0.717) is 61.7 Å². The van der Waals surface area contributed by atoms with Crippen molar-refractivity contribution in [3.63, 3.8) is 0 Å². The molecule has 0 radical (unpaired) electrons. The maximum atomic E-state index is 12.0. The van der Waals surface area contributed by atoms with Crippen LogP contribution >= 0.6 is 0 Å². The number of hydrogen-bond donors (Lipinski definition) is 4. The van der Waals surface area contributed by atoms with Crippen LogP contribution < -0.4 is 21.3 Å². The van der Waals surface area contributed by atoms with Crippen LogP contribution in [0.4, 0.5) is 0 Å². The van der Waals surface area contributed by atoms with Gasteiger partial charge in [-0.15, -0.1) is 0 Å². The molecular weight excluding hydrogens is 1150 g/mol. The van der Waals surface area contributed by atoms with Gasteiger partial charge in [0, 0.05) is 155 Å². The van der Waals surface area contributed by atoms with Gasteiger partial charge in [-0.1, -0.05) is 140 Å². The molecule has 8 aromatic rings. The summed E-state index contributed by atoms with van der Waals surface area (Å²) in [7, 11) is 13.5. The number of rotatable bonds is 22. The van der Waals surface area contributed by atoms with E-state index in [4.69, 9.17) is 18.1 Å². The average Bonchev–Trinajstić information content (AvgIpc) is 2.17. The van der Waals surface area contributed by atoms with E-state index in [1.165, 1.54) is 19.6 Å². The summed E-state index contributed by atoms with van der Waals surface area (Å²) in [5.74, 6) is 0.0328. The fraction of sp³-hybridized carbons (Fsp3) is 0.333. The molecule has 24 nitrogen and oxygen atoms in total. The molecule has 4 aromatic heterocycles. The molecule has 0 aliphatic heterocycles.